The van der Waals surface area contributed by atoms with Crippen molar-refractivity contribution in [2.24, 2.45) is 0 Å². The number of rotatable bonds is 18. The Labute approximate surface area is 266 Å². The van der Waals surface area contributed by atoms with Gasteiger partial charge in [-0.3, -0.25) is 14.3 Å². The normalized spacial score (nSPS) is 12.9. The number of hydrogen-bond acceptors (Lipinski definition) is 9. The number of halogens is 2. The van der Waals surface area contributed by atoms with E-state index in [0.717, 1.165) is 33.9 Å². The average molecular weight is 660 g/mol. The molecule has 0 spiro atoms. The summed E-state index contributed by atoms with van der Waals surface area (Å²) in [5, 5.41) is 10.8. The van der Waals surface area contributed by atoms with Crippen LogP contribution in [0.1, 0.15) is 56.2 Å². The molecule has 2 aromatic heterocycles. The molecular formula is C33H40F2N3O7P. The van der Waals surface area contributed by atoms with Crippen LogP contribution >= 0.6 is 7.60 Å². The van der Waals surface area contributed by atoms with Crippen molar-refractivity contribution < 1.29 is 41.8 Å². The maximum Gasteiger partial charge on any atom is 0.399 e. The third-order valence-corrected chi connectivity index (χ3v) is 9.67. The predicted molar refractivity (Wildman–Crippen MR) is 173 cm³/mol. The van der Waals surface area contributed by atoms with Gasteiger partial charge in [0.1, 0.15) is 17.9 Å². The van der Waals surface area contributed by atoms with Crippen molar-refractivity contribution in [3.63, 3.8) is 0 Å². The van der Waals surface area contributed by atoms with E-state index in [1.165, 1.54) is 13.8 Å². The van der Waals surface area contributed by atoms with Gasteiger partial charge in [0.05, 0.1) is 31.9 Å². The molecule has 1 unspecified atom stereocenters. The third kappa shape index (κ3) is 8.76. The summed E-state index contributed by atoms with van der Waals surface area (Å²) in [6.45, 7) is 4.69. The lowest BCUT2D eigenvalue weighted by Crippen LogP contribution is -2.23. The van der Waals surface area contributed by atoms with Crippen molar-refractivity contribution in [1.29, 1.82) is 0 Å². The zero-order chi connectivity index (χ0) is 33.3. The zero-order valence-electron chi connectivity index (χ0n) is 26.2. The summed E-state index contributed by atoms with van der Waals surface area (Å²) in [5.41, 5.74) is 6.92. The molecular weight excluding hydrogens is 619 g/mol. The summed E-state index contributed by atoms with van der Waals surface area (Å²) in [6.07, 6.45) is 2.23. The number of carbonyl (C=O) groups is 1. The smallest absolute Gasteiger partial charge is 0.399 e. The lowest BCUT2D eigenvalue weighted by molar-refractivity contribution is -0.136. The van der Waals surface area contributed by atoms with E-state index >= 15 is 0 Å². The van der Waals surface area contributed by atoms with Crippen molar-refractivity contribution in [1.82, 2.24) is 9.97 Å². The molecule has 1 atom stereocenters. The summed E-state index contributed by atoms with van der Waals surface area (Å²) in [5.74, 6) is 0.226. The van der Waals surface area contributed by atoms with Gasteiger partial charge < -0.3 is 29.4 Å². The van der Waals surface area contributed by atoms with E-state index in [-0.39, 0.29) is 45.4 Å². The molecule has 2 heterocycles. The lowest BCUT2D eigenvalue weighted by atomic mass is 9.93. The van der Waals surface area contributed by atoms with Crippen molar-refractivity contribution in [3.05, 3.63) is 71.4 Å². The van der Waals surface area contributed by atoms with Crippen LogP contribution in [0.3, 0.4) is 0 Å². The predicted octanol–water partition coefficient (Wildman–Crippen LogP) is 7.37. The SMILES string of the molecule is CCOP(=O)(OCC)C(F)(F)CCOCCOc1ccc(CC(C)c2cnc3c(N)nc4cc(CCC(=O)O)ccc4c3c2)cc1. The van der Waals surface area contributed by atoms with Gasteiger partial charge in [0, 0.05) is 29.8 Å². The van der Waals surface area contributed by atoms with Gasteiger partial charge >= 0.3 is 19.2 Å². The number of nitrogens with zero attached hydrogens (tertiary/aromatic N) is 2. The number of fused-ring (bicyclic) bond motifs is 3. The van der Waals surface area contributed by atoms with Crippen LogP contribution in [0.2, 0.25) is 0 Å². The fraction of sp³-hybridized carbons (Fsp3) is 0.424. The molecule has 2 aromatic carbocycles. The third-order valence-electron chi connectivity index (χ3n) is 7.45. The molecule has 0 saturated heterocycles. The molecule has 0 aliphatic heterocycles. The van der Waals surface area contributed by atoms with Gasteiger partial charge in [0.15, 0.2) is 5.82 Å². The molecule has 46 heavy (non-hydrogen) atoms. The van der Waals surface area contributed by atoms with Crippen LogP contribution in [0.5, 0.6) is 5.75 Å². The first-order chi connectivity index (χ1) is 22.0. The van der Waals surface area contributed by atoms with Crippen molar-refractivity contribution in [2.45, 2.75) is 58.0 Å². The molecule has 13 heteroatoms. The Bertz CT molecular complexity index is 1680. The fourth-order valence-electron chi connectivity index (χ4n) is 5.06. The quantitative estimate of drug-likeness (QED) is 0.0631. The van der Waals surface area contributed by atoms with Crippen molar-refractivity contribution >= 4 is 41.2 Å². The molecule has 4 aromatic rings. The van der Waals surface area contributed by atoms with E-state index in [4.69, 9.17) is 29.4 Å². The number of aliphatic carboxylic acids is 1. The summed E-state index contributed by atoms with van der Waals surface area (Å²) < 4.78 is 61.7. The second kappa shape index (κ2) is 15.7. The number of nitrogen functional groups attached to an aromatic ring is 1. The molecule has 10 nitrogen and oxygen atoms in total. The maximum atomic E-state index is 14.4. The number of aryl methyl sites for hydroxylation is 1. The molecule has 3 N–H and O–H groups in total. The lowest BCUT2D eigenvalue weighted by Gasteiger charge is -2.25. The van der Waals surface area contributed by atoms with Gasteiger partial charge in [-0.2, -0.15) is 8.78 Å². The van der Waals surface area contributed by atoms with E-state index in [9.17, 15) is 18.1 Å². The Morgan fingerprint density at radius 3 is 2.37 bits per heavy atom. The Morgan fingerprint density at radius 2 is 1.70 bits per heavy atom. The first-order valence-electron chi connectivity index (χ1n) is 15.2. The summed E-state index contributed by atoms with van der Waals surface area (Å²) >= 11 is 0. The number of nitrogens with two attached hydrogens (primary N) is 1. The Balaban J connectivity index is 1.31. The molecule has 0 bridgehead atoms. The number of carboxylic acid groups (broad SMARTS) is 1. The van der Waals surface area contributed by atoms with Crippen LogP contribution < -0.4 is 10.5 Å². The highest BCUT2D eigenvalue weighted by Gasteiger charge is 2.52. The Hall–Kier alpha value is -3.70. The van der Waals surface area contributed by atoms with Gasteiger partial charge in [-0.15, -0.1) is 0 Å². The molecule has 0 aliphatic carbocycles. The highest BCUT2D eigenvalue weighted by molar-refractivity contribution is 7.55. The first kappa shape index (κ1) is 35.2. The highest BCUT2D eigenvalue weighted by atomic mass is 31.2. The van der Waals surface area contributed by atoms with Crippen LogP contribution in [0, 0.1) is 0 Å². The van der Waals surface area contributed by atoms with Gasteiger partial charge in [-0.1, -0.05) is 31.2 Å². The van der Waals surface area contributed by atoms with Crippen LogP contribution in [-0.4, -0.2) is 59.7 Å². The summed E-state index contributed by atoms with van der Waals surface area (Å²) in [4.78, 5) is 20.1. The van der Waals surface area contributed by atoms with Crippen LogP contribution in [0.25, 0.3) is 21.8 Å². The largest absolute Gasteiger partial charge is 0.491 e. The molecule has 0 aliphatic rings. The highest BCUT2D eigenvalue weighted by Crippen LogP contribution is 2.63. The van der Waals surface area contributed by atoms with Crippen LogP contribution in [0.15, 0.2) is 54.7 Å². The van der Waals surface area contributed by atoms with Crippen molar-refractivity contribution in [3.8, 4) is 5.75 Å². The number of benzene rings is 2. The number of pyridine rings is 2. The number of hydrogen-bond donors (Lipinski definition) is 2. The molecule has 0 fully saturated rings. The van der Waals surface area contributed by atoms with E-state index in [0.29, 0.717) is 29.0 Å². The second-order valence-corrected chi connectivity index (χ2v) is 13.0. The number of alkyl halides is 2. The number of carboxylic acids is 1. The maximum absolute atomic E-state index is 14.4. The molecule has 248 valence electrons. The standard InChI is InChI=1S/C33H40F2N3O7P/c1-4-44-46(41,45-5-2)33(34,35)14-15-42-16-17-43-26-10-6-23(7-11-26)18-22(3)25-20-28-27-12-8-24(9-13-30(39)40)19-29(27)38-32(36)31(28)37-21-25/h6-8,10-12,19-22H,4-5,9,13-18H2,1-3H3,(H2,36,38)(H,39,40). The Morgan fingerprint density at radius 1 is 1.00 bits per heavy atom. The minimum absolute atomic E-state index is 0.0419. The second-order valence-electron chi connectivity index (χ2n) is 10.9. The molecule has 0 saturated carbocycles. The van der Waals surface area contributed by atoms with Gasteiger partial charge in [0.25, 0.3) is 0 Å². The Kier molecular flexibility index (Phi) is 12.0. The molecule has 0 radical (unpaired) electrons. The number of anilines is 1. The monoisotopic (exact) mass is 659 g/mol. The summed E-state index contributed by atoms with van der Waals surface area (Å²) in [6, 6.07) is 15.5. The number of ether oxygens (including phenoxy) is 2. The average Bonchev–Trinajstić information content (AvgIpc) is 3.02. The van der Waals surface area contributed by atoms with Gasteiger partial charge in [-0.05, 0) is 73.6 Å². The van der Waals surface area contributed by atoms with Gasteiger partial charge in [0.2, 0.25) is 0 Å². The zero-order valence-corrected chi connectivity index (χ0v) is 27.1. The van der Waals surface area contributed by atoms with Crippen molar-refractivity contribution in [2.75, 3.05) is 38.8 Å². The molecule has 0 amide bonds. The van der Waals surface area contributed by atoms with E-state index in [1.54, 1.807) is 0 Å². The minimum Gasteiger partial charge on any atom is -0.491 e. The topological polar surface area (TPSA) is 143 Å². The van der Waals surface area contributed by atoms with E-state index in [2.05, 4.69) is 23.0 Å². The minimum atomic E-state index is -4.56. The number of aromatic nitrogens is 2. The van der Waals surface area contributed by atoms with Crippen LogP contribution in [-0.2, 0) is 36.0 Å². The summed E-state index contributed by atoms with van der Waals surface area (Å²) in [7, 11) is -4.56. The van der Waals surface area contributed by atoms with Gasteiger partial charge in [-0.25, -0.2) is 4.98 Å². The fourth-order valence-corrected chi connectivity index (χ4v) is 6.56. The van der Waals surface area contributed by atoms with E-state index < -0.39 is 25.6 Å². The van der Waals surface area contributed by atoms with Crippen LogP contribution in [0.4, 0.5) is 14.6 Å². The van der Waals surface area contributed by atoms with E-state index in [1.807, 2.05) is 48.7 Å². The first-order valence-corrected chi connectivity index (χ1v) is 16.8. The molecule has 4 rings (SSSR count).